The maximum Gasteiger partial charge on any atom is 0.00389 e. The fourth-order valence-electron chi connectivity index (χ4n) is 1.59. The maximum absolute atomic E-state index is 3.51. The molecule has 1 N–H and O–H groups in total. The molecule has 1 rings (SSSR count). The third-order valence-corrected chi connectivity index (χ3v) is 2.64. The molecule has 12 heavy (non-hydrogen) atoms. The minimum absolute atomic E-state index is 0.759. The van der Waals surface area contributed by atoms with Crippen molar-refractivity contribution in [2.75, 3.05) is 6.54 Å². The van der Waals surface area contributed by atoms with Crippen LogP contribution in [0.2, 0.25) is 0 Å². The van der Waals surface area contributed by atoms with Gasteiger partial charge in [0, 0.05) is 6.04 Å². The zero-order valence-electron chi connectivity index (χ0n) is 9.35. The number of hydrogen-bond donors (Lipinski definition) is 1. The Morgan fingerprint density at radius 2 is 1.75 bits per heavy atom. The van der Waals surface area contributed by atoms with Crippen LogP contribution < -0.4 is 5.32 Å². The van der Waals surface area contributed by atoms with Crippen LogP contribution >= 0.6 is 0 Å². The molecule has 0 aromatic rings. The lowest BCUT2D eigenvalue weighted by molar-refractivity contribution is 0.262. The standard InChI is InChI=1S/C9H19N.C2H6/c1-7(2)9-5-4-8(3)10-6-9;1-2/h7-10H,4-6H2,1-3H3;1-2H3. The smallest absolute Gasteiger partial charge is 0.00389 e. The second-order valence-electron chi connectivity index (χ2n) is 3.89. The van der Waals surface area contributed by atoms with E-state index in [1.165, 1.54) is 19.4 Å². The highest BCUT2D eigenvalue weighted by molar-refractivity contribution is 4.76. The average molecular weight is 171 g/mol. The molecule has 1 aliphatic heterocycles. The van der Waals surface area contributed by atoms with Crippen molar-refractivity contribution in [3.63, 3.8) is 0 Å². The first-order valence-corrected chi connectivity index (χ1v) is 5.43. The number of piperidine rings is 1. The third kappa shape index (κ3) is 4.10. The van der Waals surface area contributed by atoms with E-state index in [-0.39, 0.29) is 0 Å². The molecule has 1 aliphatic rings. The summed E-state index contributed by atoms with van der Waals surface area (Å²) >= 11 is 0. The summed E-state index contributed by atoms with van der Waals surface area (Å²) in [6.45, 7) is 12.2. The molecule has 1 nitrogen and oxygen atoms in total. The molecule has 74 valence electrons. The van der Waals surface area contributed by atoms with Crippen molar-refractivity contribution in [3.8, 4) is 0 Å². The Labute approximate surface area is 77.9 Å². The summed E-state index contributed by atoms with van der Waals surface area (Å²) in [4.78, 5) is 0. The van der Waals surface area contributed by atoms with Crippen molar-refractivity contribution in [1.29, 1.82) is 0 Å². The Bertz CT molecular complexity index is 91.2. The fraction of sp³-hybridized carbons (Fsp3) is 1.00. The third-order valence-electron chi connectivity index (χ3n) is 2.64. The van der Waals surface area contributed by atoms with E-state index >= 15 is 0 Å². The van der Waals surface area contributed by atoms with Gasteiger partial charge >= 0.3 is 0 Å². The van der Waals surface area contributed by atoms with E-state index in [9.17, 15) is 0 Å². The molecule has 1 fully saturated rings. The Kier molecular flexibility index (Phi) is 6.45. The van der Waals surface area contributed by atoms with Gasteiger partial charge in [-0.2, -0.15) is 0 Å². The Morgan fingerprint density at radius 3 is 2.08 bits per heavy atom. The van der Waals surface area contributed by atoms with Crippen molar-refractivity contribution in [3.05, 3.63) is 0 Å². The summed E-state index contributed by atoms with van der Waals surface area (Å²) < 4.78 is 0. The Balaban J connectivity index is 0.000000561. The van der Waals surface area contributed by atoms with Crippen molar-refractivity contribution in [1.82, 2.24) is 5.32 Å². The predicted molar refractivity (Wildman–Crippen MR) is 56.4 cm³/mol. The molecule has 0 aliphatic carbocycles. The monoisotopic (exact) mass is 171 g/mol. The van der Waals surface area contributed by atoms with Gasteiger partial charge in [-0.3, -0.25) is 0 Å². The molecule has 2 atom stereocenters. The summed E-state index contributed by atoms with van der Waals surface area (Å²) in [5.74, 6) is 1.79. The van der Waals surface area contributed by atoms with Crippen molar-refractivity contribution in [2.24, 2.45) is 11.8 Å². The molecule has 0 radical (unpaired) electrons. The Morgan fingerprint density at radius 1 is 1.17 bits per heavy atom. The fourth-order valence-corrected chi connectivity index (χ4v) is 1.59. The van der Waals surface area contributed by atoms with Gasteiger partial charge in [0.2, 0.25) is 0 Å². The van der Waals surface area contributed by atoms with Crippen LogP contribution in [0.1, 0.15) is 47.5 Å². The van der Waals surface area contributed by atoms with E-state index in [4.69, 9.17) is 0 Å². The van der Waals surface area contributed by atoms with Gasteiger partial charge < -0.3 is 5.32 Å². The van der Waals surface area contributed by atoms with Crippen LogP contribution in [0.15, 0.2) is 0 Å². The van der Waals surface area contributed by atoms with E-state index in [0.717, 1.165) is 17.9 Å². The summed E-state index contributed by atoms with van der Waals surface area (Å²) in [6, 6.07) is 0.759. The lowest BCUT2D eigenvalue weighted by Crippen LogP contribution is -2.38. The number of rotatable bonds is 1. The van der Waals surface area contributed by atoms with Gasteiger partial charge in [0.25, 0.3) is 0 Å². The first-order valence-electron chi connectivity index (χ1n) is 5.43. The van der Waals surface area contributed by atoms with E-state index in [1.807, 2.05) is 13.8 Å². The van der Waals surface area contributed by atoms with E-state index in [1.54, 1.807) is 0 Å². The van der Waals surface area contributed by atoms with Crippen LogP contribution in [0.3, 0.4) is 0 Å². The summed E-state index contributed by atoms with van der Waals surface area (Å²) in [5.41, 5.74) is 0. The van der Waals surface area contributed by atoms with Crippen LogP contribution in [0, 0.1) is 11.8 Å². The topological polar surface area (TPSA) is 12.0 Å². The van der Waals surface area contributed by atoms with Crippen LogP contribution in [0.5, 0.6) is 0 Å². The lowest BCUT2D eigenvalue weighted by Gasteiger charge is -2.30. The highest BCUT2D eigenvalue weighted by Crippen LogP contribution is 2.20. The lowest BCUT2D eigenvalue weighted by atomic mass is 9.87. The van der Waals surface area contributed by atoms with Crippen LogP contribution in [-0.4, -0.2) is 12.6 Å². The van der Waals surface area contributed by atoms with Crippen LogP contribution in [0.25, 0.3) is 0 Å². The van der Waals surface area contributed by atoms with E-state index in [2.05, 4.69) is 26.1 Å². The number of hydrogen-bond acceptors (Lipinski definition) is 1. The van der Waals surface area contributed by atoms with Crippen molar-refractivity contribution >= 4 is 0 Å². The minimum atomic E-state index is 0.759. The van der Waals surface area contributed by atoms with Gasteiger partial charge in [-0.05, 0) is 38.1 Å². The first kappa shape index (κ1) is 12.0. The van der Waals surface area contributed by atoms with Crippen molar-refractivity contribution < 1.29 is 0 Å². The molecule has 0 aromatic carbocycles. The molecule has 0 spiro atoms. The molecule has 0 saturated carbocycles. The summed E-state index contributed by atoms with van der Waals surface area (Å²) in [7, 11) is 0. The van der Waals surface area contributed by atoms with E-state index in [0.29, 0.717) is 0 Å². The highest BCUT2D eigenvalue weighted by atomic mass is 14.9. The Hall–Kier alpha value is -0.0400. The van der Waals surface area contributed by atoms with Gasteiger partial charge in [0.05, 0.1) is 0 Å². The van der Waals surface area contributed by atoms with Crippen molar-refractivity contribution in [2.45, 2.75) is 53.5 Å². The zero-order chi connectivity index (χ0) is 9.56. The summed E-state index contributed by atoms with van der Waals surface area (Å²) in [5, 5.41) is 3.51. The molecule has 0 bridgehead atoms. The molecule has 2 unspecified atom stereocenters. The molecule has 0 amide bonds. The quantitative estimate of drug-likeness (QED) is 0.639. The SMILES string of the molecule is CC.CC1CCC(C(C)C)CN1. The molecule has 0 aromatic heterocycles. The molecular formula is C11H25N. The largest absolute Gasteiger partial charge is 0.314 e. The maximum atomic E-state index is 3.51. The minimum Gasteiger partial charge on any atom is -0.314 e. The second kappa shape index (κ2) is 6.47. The normalized spacial score (nSPS) is 29.5. The molecular weight excluding hydrogens is 146 g/mol. The zero-order valence-corrected chi connectivity index (χ0v) is 9.35. The highest BCUT2D eigenvalue weighted by Gasteiger charge is 2.19. The van der Waals surface area contributed by atoms with Crippen LogP contribution in [-0.2, 0) is 0 Å². The van der Waals surface area contributed by atoms with Gasteiger partial charge in [-0.25, -0.2) is 0 Å². The van der Waals surface area contributed by atoms with Gasteiger partial charge in [-0.15, -0.1) is 0 Å². The molecule has 1 heteroatoms. The molecule has 1 saturated heterocycles. The predicted octanol–water partition coefficient (Wildman–Crippen LogP) is 3.06. The van der Waals surface area contributed by atoms with Gasteiger partial charge in [0.1, 0.15) is 0 Å². The van der Waals surface area contributed by atoms with E-state index < -0.39 is 0 Å². The summed E-state index contributed by atoms with van der Waals surface area (Å²) in [6.07, 6.45) is 2.79. The molecule has 1 heterocycles. The van der Waals surface area contributed by atoms with Gasteiger partial charge in [0.15, 0.2) is 0 Å². The van der Waals surface area contributed by atoms with Crippen LogP contribution in [0.4, 0.5) is 0 Å². The first-order chi connectivity index (χ1) is 5.70. The van der Waals surface area contributed by atoms with Gasteiger partial charge in [-0.1, -0.05) is 27.7 Å². The second-order valence-corrected chi connectivity index (χ2v) is 3.89. The average Bonchev–Trinajstić information content (AvgIpc) is 2.09. The number of nitrogens with one attached hydrogen (secondary N) is 1.